The number of nitrogens with zero attached hydrogens (tertiary/aromatic N) is 1. The van der Waals surface area contributed by atoms with Gasteiger partial charge in [-0.3, -0.25) is 4.90 Å². The second kappa shape index (κ2) is 5.58. The van der Waals surface area contributed by atoms with Gasteiger partial charge in [-0.15, -0.1) is 0 Å². The van der Waals surface area contributed by atoms with Crippen LogP contribution in [0.5, 0.6) is 0 Å². The maximum Gasteiger partial charge on any atom is 0.123 e. The van der Waals surface area contributed by atoms with Crippen LogP contribution >= 0.6 is 0 Å². The van der Waals surface area contributed by atoms with E-state index in [0.29, 0.717) is 0 Å². The lowest BCUT2D eigenvalue weighted by Gasteiger charge is -2.35. The van der Waals surface area contributed by atoms with Gasteiger partial charge in [0.15, 0.2) is 0 Å². The summed E-state index contributed by atoms with van der Waals surface area (Å²) >= 11 is 0. The quantitative estimate of drug-likeness (QED) is 0.829. The van der Waals surface area contributed by atoms with E-state index in [2.05, 4.69) is 10.2 Å². The predicted molar refractivity (Wildman–Crippen MR) is 65.3 cm³/mol. The van der Waals surface area contributed by atoms with E-state index in [9.17, 15) is 9.50 Å². The molecule has 0 bridgehead atoms. The van der Waals surface area contributed by atoms with E-state index in [-0.39, 0.29) is 11.9 Å². The molecule has 1 heterocycles. The summed E-state index contributed by atoms with van der Waals surface area (Å²) in [5.41, 5.74) is 0.775. The summed E-state index contributed by atoms with van der Waals surface area (Å²) in [5.74, 6) is -0.268. The molecular formula is C13H19FN2O. The maximum atomic E-state index is 12.8. The van der Waals surface area contributed by atoms with Crippen molar-refractivity contribution in [2.75, 3.05) is 26.2 Å². The van der Waals surface area contributed by atoms with Crippen molar-refractivity contribution in [1.29, 1.82) is 0 Å². The van der Waals surface area contributed by atoms with Crippen LogP contribution in [0.15, 0.2) is 24.3 Å². The van der Waals surface area contributed by atoms with Crippen molar-refractivity contribution in [3.05, 3.63) is 35.6 Å². The van der Waals surface area contributed by atoms with Gasteiger partial charge in [-0.1, -0.05) is 12.1 Å². The Hall–Kier alpha value is -0.970. The van der Waals surface area contributed by atoms with Crippen LogP contribution in [-0.2, 0) is 0 Å². The fourth-order valence-corrected chi connectivity index (χ4v) is 2.23. The molecule has 2 unspecified atom stereocenters. The van der Waals surface area contributed by atoms with Crippen LogP contribution in [0.2, 0.25) is 0 Å². The van der Waals surface area contributed by atoms with E-state index in [1.165, 1.54) is 12.1 Å². The summed E-state index contributed by atoms with van der Waals surface area (Å²) in [6, 6.07) is 6.14. The molecule has 0 spiro atoms. The zero-order chi connectivity index (χ0) is 12.3. The lowest BCUT2D eigenvalue weighted by molar-refractivity contribution is 0.0510. The average Bonchev–Trinajstić information content (AvgIpc) is 2.39. The van der Waals surface area contributed by atoms with Crippen molar-refractivity contribution >= 4 is 0 Å². The Morgan fingerprint density at radius 1 is 1.24 bits per heavy atom. The molecule has 1 aromatic carbocycles. The molecular weight excluding hydrogens is 219 g/mol. The summed E-state index contributed by atoms with van der Waals surface area (Å²) < 4.78 is 12.8. The second-order valence-corrected chi connectivity index (χ2v) is 4.52. The molecule has 0 aromatic heterocycles. The van der Waals surface area contributed by atoms with Gasteiger partial charge in [0.1, 0.15) is 5.82 Å². The topological polar surface area (TPSA) is 35.5 Å². The molecule has 17 heavy (non-hydrogen) atoms. The zero-order valence-corrected chi connectivity index (χ0v) is 10.1. The minimum absolute atomic E-state index is 0.0579. The molecule has 2 rings (SSSR count). The van der Waals surface area contributed by atoms with E-state index in [1.54, 1.807) is 12.1 Å². The summed E-state index contributed by atoms with van der Waals surface area (Å²) in [5, 5.41) is 13.5. The molecule has 0 saturated carbocycles. The van der Waals surface area contributed by atoms with Crippen LogP contribution in [0, 0.1) is 5.82 Å². The summed E-state index contributed by atoms with van der Waals surface area (Å²) in [6.07, 6.45) is -0.561. The smallest absolute Gasteiger partial charge is 0.123 e. The molecule has 94 valence electrons. The molecule has 2 atom stereocenters. The van der Waals surface area contributed by atoms with Gasteiger partial charge >= 0.3 is 0 Å². The van der Waals surface area contributed by atoms with Crippen LogP contribution in [-0.4, -0.2) is 42.2 Å². The van der Waals surface area contributed by atoms with E-state index in [4.69, 9.17) is 0 Å². The van der Waals surface area contributed by atoms with E-state index in [0.717, 1.165) is 31.7 Å². The Morgan fingerprint density at radius 3 is 2.41 bits per heavy atom. The highest BCUT2D eigenvalue weighted by Crippen LogP contribution is 2.21. The first-order chi connectivity index (χ1) is 8.18. The Bertz CT molecular complexity index is 349. The van der Waals surface area contributed by atoms with E-state index < -0.39 is 6.10 Å². The highest BCUT2D eigenvalue weighted by Gasteiger charge is 2.24. The van der Waals surface area contributed by atoms with Crippen LogP contribution in [0.25, 0.3) is 0 Å². The lowest BCUT2D eigenvalue weighted by atomic mass is 10.0. The SMILES string of the molecule is CC(C(O)c1ccc(F)cc1)N1CCNCC1. The third-order valence-electron chi connectivity index (χ3n) is 3.40. The van der Waals surface area contributed by atoms with Gasteiger partial charge < -0.3 is 10.4 Å². The number of halogens is 1. The molecule has 4 heteroatoms. The summed E-state index contributed by atoms with van der Waals surface area (Å²) in [6.45, 7) is 5.82. The lowest BCUT2D eigenvalue weighted by Crippen LogP contribution is -2.49. The van der Waals surface area contributed by atoms with Crippen LogP contribution in [0.1, 0.15) is 18.6 Å². The molecule has 3 nitrogen and oxygen atoms in total. The standard InChI is InChI=1S/C13H19FN2O/c1-10(16-8-6-15-7-9-16)13(17)11-2-4-12(14)5-3-11/h2-5,10,13,15,17H,6-9H2,1H3. The van der Waals surface area contributed by atoms with Crippen molar-refractivity contribution in [1.82, 2.24) is 10.2 Å². The average molecular weight is 238 g/mol. The van der Waals surface area contributed by atoms with Crippen molar-refractivity contribution in [3.8, 4) is 0 Å². The number of piperazine rings is 1. The third kappa shape index (κ3) is 3.03. The largest absolute Gasteiger partial charge is 0.387 e. The number of benzene rings is 1. The Morgan fingerprint density at radius 2 is 1.82 bits per heavy atom. The third-order valence-corrected chi connectivity index (χ3v) is 3.40. The molecule has 0 radical (unpaired) electrons. The van der Waals surface area contributed by atoms with Crippen molar-refractivity contribution in [2.45, 2.75) is 19.1 Å². The Kier molecular flexibility index (Phi) is 4.10. The van der Waals surface area contributed by atoms with E-state index in [1.807, 2.05) is 6.92 Å². The van der Waals surface area contributed by atoms with E-state index >= 15 is 0 Å². The van der Waals surface area contributed by atoms with Crippen molar-refractivity contribution in [2.24, 2.45) is 0 Å². The number of aliphatic hydroxyl groups excluding tert-OH is 1. The van der Waals surface area contributed by atoms with Gasteiger partial charge in [0.2, 0.25) is 0 Å². The molecule has 0 aliphatic carbocycles. The monoisotopic (exact) mass is 238 g/mol. The first-order valence-corrected chi connectivity index (χ1v) is 6.07. The first-order valence-electron chi connectivity index (χ1n) is 6.07. The van der Waals surface area contributed by atoms with Crippen molar-refractivity contribution < 1.29 is 9.50 Å². The van der Waals surface area contributed by atoms with Gasteiger partial charge in [-0.05, 0) is 24.6 Å². The summed E-state index contributed by atoms with van der Waals surface area (Å²) in [7, 11) is 0. The first kappa shape index (κ1) is 12.5. The molecule has 1 aliphatic rings. The van der Waals surface area contributed by atoms with Crippen molar-refractivity contribution in [3.63, 3.8) is 0 Å². The fraction of sp³-hybridized carbons (Fsp3) is 0.538. The molecule has 2 N–H and O–H groups in total. The van der Waals surface area contributed by atoms with Gasteiger partial charge in [-0.2, -0.15) is 0 Å². The maximum absolute atomic E-state index is 12.8. The zero-order valence-electron chi connectivity index (χ0n) is 10.1. The fourth-order valence-electron chi connectivity index (χ4n) is 2.23. The molecule has 0 amide bonds. The van der Waals surface area contributed by atoms with Gasteiger partial charge in [0.05, 0.1) is 6.10 Å². The number of hydrogen-bond donors (Lipinski definition) is 2. The molecule has 1 aliphatic heterocycles. The number of rotatable bonds is 3. The van der Waals surface area contributed by atoms with Gasteiger partial charge in [0.25, 0.3) is 0 Å². The van der Waals surface area contributed by atoms with Crippen LogP contribution in [0.4, 0.5) is 4.39 Å². The van der Waals surface area contributed by atoms with Crippen LogP contribution < -0.4 is 5.32 Å². The molecule has 1 fully saturated rings. The number of nitrogens with one attached hydrogen (secondary N) is 1. The van der Waals surface area contributed by atoms with Gasteiger partial charge in [0, 0.05) is 32.2 Å². The highest BCUT2D eigenvalue weighted by atomic mass is 19.1. The molecule has 1 aromatic rings. The van der Waals surface area contributed by atoms with Gasteiger partial charge in [-0.25, -0.2) is 4.39 Å². The normalized spacial score (nSPS) is 21.1. The minimum atomic E-state index is -0.561. The number of aliphatic hydroxyl groups is 1. The minimum Gasteiger partial charge on any atom is -0.387 e. The number of hydrogen-bond acceptors (Lipinski definition) is 3. The highest BCUT2D eigenvalue weighted by molar-refractivity contribution is 5.19. The Labute approximate surface area is 101 Å². The Balaban J connectivity index is 2.02. The van der Waals surface area contributed by atoms with Crippen LogP contribution in [0.3, 0.4) is 0 Å². The second-order valence-electron chi connectivity index (χ2n) is 4.52. The summed E-state index contributed by atoms with van der Waals surface area (Å²) in [4.78, 5) is 2.25. The molecule has 1 saturated heterocycles. The predicted octanol–water partition coefficient (Wildman–Crippen LogP) is 1.15.